The van der Waals surface area contributed by atoms with E-state index in [1.54, 1.807) is 51.7 Å². The molecule has 140 valence electrons. The molecule has 7 nitrogen and oxygen atoms in total. The van der Waals surface area contributed by atoms with Crippen molar-refractivity contribution in [1.29, 1.82) is 0 Å². The fraction of sp³-hybridized carbons (Fsp3) is 0.316. The molecule has 0 saturated heterocycles. The zero-order valence-corrected chi connectivity index (χ0v) is 15.1. The fourth-order valence-corrected chi connectivity index (χ4v) is 2.16. The van der Waals surface area contributed by atoms with Crippen molar-refractivity contribution in [2.75, 3.05) is 41.1 Å². The number of hydrogen-bond acceptors (Lipinski definition) is 6. The monoisotopic (exact) mass is 361 g/mol. The van der Waals surface area contributed by atoms with E-state index >= 15 is 0 Å². The minimum atomic E-state index is -0.247. The Bertz CT molecular complexity index is 697. The van der Waals surface area contributed by atoms with Crippen molar-refractivity contribution in [3.8, 4) is 28.7 Å². The lowest BCUT2D eigenvalue weighted by Gasteiger charge is -2.12. The average molecular weight is 361 g/mol. The Balaban J connectivity index is 1.73. The molecule has 2 aromatic carbocycles. The number of methoxy groups -OCH3 is 3. The first kappa shape index (κ1) is 19.2. The van der Waals surface area contributed by atoms with Gasteiger partial charge in [-0.15, -0.1) is 0 Å². The molecule has 0 radical (unpaired) electrons. The Hall–Kier alpha value is -3.09. The second-order valence-corrected chi connectivity index (χ2v) is 5.19. The van der Waals surface area contributed by atoms with E-state index < -0.39 is 0 Å². The molecule has 7 heteroatoms. The Labute approximate surface area is 152 Å². The van der Waals surface area contributed by atoms with Gasteiger partial charge in [0.25, 0.3) is 5.91 Å². The van der Waals surface area contributed by atoms with Crippen LogP contribution < -0.4 is 29.0 Å². The molecule has 0 aromatic heterocycles. The summed E-state index contributed by atoms with van der Waals surface area (Å²) in [6, 6.07) is 12.4. The van der Waals surface area contributed by atoms with Gasteiger partial charge >= 0.3 is 0 Å². The number of nitrogens with one attached hydrogen (secondary N) is 1. The Morgan fingerprint density at radius 3 is 2.08 bits per heavy atom. The van der Waals surface area contributed by atoms with E-state index in [0.29, 0.717) is 41.9 Å². The molecule has 0 fully saturated rings. The van der Waals surface area contributed by atoms with Gasteiger partial charge in [-0.1, -0.05) is 12.1 Å². The lowest BCUT2D eigenvalue weighted by molar-refractivity contribution is -0.123. The number of hydrogen-bond donors (Lipinski definition) is 1. The van der Waals surface area contributed by atoms with Crippen LogP contribution in [-0.2, 0) is 4.79 Å². The number of carbonyl (C=O) groups is 1. The van der Waals surface area contributed by atoms with E-state index in [-0.39, 0.29) is 12.5 Å². The molecular formula is C19H23NO6. The lowest BCUT2D eigenvalue weighted by Crippen LogP contribution is -2.32. The molecule has 0 heterocycles. The van der Waals surface area contributed by atoms with Crippen molar-refractivity contribution in [2.45, 2.75) is 0 Å². The SMILES string of the molecule is COc1cc(OC)cc(OCCNC(=O)COc2ccccc2OC)c1. The number of para-hydroxylation sites is 2. The first-order valence-electron chi connectivity index (χ1n) is 8.04. The van der Waals surface area contributed by atoms with Crippen LogP contribution in [0.1, 0.15) is 0 Å². The summed E-state index contributed by atoms with van der Waals surface area (Å²) in [5, 5.41) is 2.73. The van der Waals surface area contributed by atoms with Gasteiger partial charge in [0.15, 0.2) is 18.1 Å². The van der Waals surface area contributed by atoms with Gasteiger partial charge in [-0.25, -0.2) is 0 Å². The molecule has 0 saturated carbocycles. The highest BCUT2D eigenvalue weighted by molar-refractivity contribution is 5.77. The van der Waals surface area contributed by atoms with Crippen LogP contribution in [-0.4, -0.2) is 47.0 Å². The number of rotatable bonds is 10. The van der Waals surface area contributed by atoms with E-state index in [1.165, 1.54) is 0 Å². The molecule has 1 N–H and O–H groups in total. The number of carbonyl (C=O) groups excluding carboxylic acids is 1. The molecule has 0 bridgehead atoms. The third-order valence-corrected chi connectivity index (χ3v) is 3.45. The molecule has 2 aromatic rings. The van der Waals surface area contributed by atoms with E-state index in [1.807, 2.05) is 12.1 Å². The van der Waals surface area contributed by atoms with Crippen LogP contribution in [0.3, 0.4) is 0 Å². The first-order chi connectivity index (χ1) is 12.7. The van der Waals surface area contributed by atoms with E-state index in [2.05, 4.69) is 5.32 Å². The van der Waals surface area contributed by atoms with Crippen LogP contribution in [0.5, 0.6) is 28.7 Å². The van der Waals surface area contributed by atoms with Crippen molar-refractivity contribution in [3.63, 3.8) is 0 Å². The lowest BCUT2D eigenvalue weighted by atomic mass is 10.3. The Morgan fingerprint density at radius 2 is 1.46 bits per heavy atom. The molecule has 0 aliphatic heterocycles. The van der Waals surface area contributed by atoms with Crippen molar-refractivity contribution in [2.24, 2.45) is 0 Å². The number of benzene rings is 2. The third kappa shape index (κ3) is 5.77. The second-order valence-electron chi connectivity index (χ2n) is 5.19. The van der Waals surface area contributed by atoms with Crippen molar-refractivity contribution in [3.05, 3.63) is 42.5 Å². The van der Waals surface area contributed by atoms with Gasteiger partial charge < -0.3 is 29.0 Å². The molecule has 0 atom stereocenters. The van der Waals surface area contributed by atoms with Gasteiger partial charge in [0.2, 0.25) is 0 Å². The highest BCUT2D eigenvalue weighted by Crippen LogP contribution is 2.27. The highest BCUT2D eigenvalue weighted by atomic mass is 16.5. The van der Waals surface area contributed by atoms with Gasteiger partial charge in [0.1, 0.15) is 23.9 Å². The maximum absolute atomic E-state index is 11.9. The molecule has 0 spiro atoms. The quantitative estimate of drug-likeness (QED) is 0.655. The number of amides is 1. The molecular weight excluding hydrogens is 338 g/mol. The zero-order valence-electron chi connectivity index (χ0n) is 15.1. The summed E-state index contributed by atoms with van der Waals surface area (Å²) in [6.07, 6.45) is 0. The van der Waals surface area contributed by atoms with Crippen molar-refractivity contribution >= 4 is 5.91 Å². The van der Waals surface area contributed by atoms with E-state index in [4.69, 9.17) is 23.7 Å². The molecule has 1 amide bonds. The highest BCUT2D eigenvalue weighted by Gasteiger charge is 2.07. The normalized spacial score (nSPS) is 9.96. The summed E-state index contributed by atoms with van der Waals surface area (Å²) >= 11 is 0. The fourth-order valence-electron chi connectivity index (χ4n) is 2.16. The number of ether oxygens (including phenoxy) is 5. The van der Waals surface area contributed by atoms with Gasteiger partial charge in [0.05, 0.1) is 27.9 Å². The zero-order chi connectivity index (χ0) is 18.8. The Kier molecular flexibility index (Phi) is 7.42. The van der Waals surface area contributed by atoms with Gasteiger partial charge in [0, 0.05) is 18.2 Å². The predicted octanol–water partition coefficient (Wildman–Crippen LogP) is 2.29. The Morgan fingerprint density at radius 1 is 0.846 bits per heavy atom. The largest absolute Gasteiger partial charge is 0.496 e. The molecule has 26 heavy (non-hydrogen) atoms. The predicted molar refractivity (Wildman–Crippen MR) is 96.5 cm³/mol. The summed E-state index contributed by atoms with van der Waals surface area (Å²) in [5.74, 6) is 2.71. The van der Waals surface area contributed by atoms with E-state index in [0.717, 1.165) is 0 Å². The molecule has 0 aliphatic rings. The van der Waals surface area contributed by atoms with Crippen LogP contribution in [0.4, 0.5) is 0 Å². The topological polar surface area (TPSA) is 75.2 Å². The van der Waals surface area contributed by atoms with Gasteiger partial charge in [-0.2, -0.15) is 0 Å². The molecule has 2 rings (SSSR count). The van der Waals surface area contributed by atoms with E-state index in [9.17, 15) is 4.79 Å². The smallest absolute Gasteiger partial charge is 0.258 e. The summed E-state index contributed by atoms with van der Waals surface area (Å²) in [7, 11) is 4.69. The second kappa shape index (κ2) is 10.0. The molecule has 0 aliphatic carbocycles. The summed E-state index contributed by atoms with van der Waals surface area (Å²) < 4.78 is 26.6. The van der Waals surface area contributed by atoms with Crippen LogP contribution in [0.2, 0.25) is 0 Å². The maximum Gasteiger partial charge on any atom is 0.258 e. The van der Waals surface area contributed by atoms with Crippen LogP contribution >= 0.6 is 0 Å². The standard InChI is InChI=1S/C19H23NO6/c1-22-14-10-15(23-2)12-16(11-14)25-9-8-20-19(21)13-26-18-7-5-4-6-17(18)24-3/h4-7,10-12H,8-9,13H2,1-3H3,(H,20,21). The summed E-state index contributed by atoms with van der Waals surface area (Å²) in [6.45, 7) is 0.539. The van der Waals surface area contributed by atoms with Crippen LogP contribution in [0.15, 0.2) is 42.5 Å². The molecule has 0 unspecified atom stereocenters. The van der Waals surface area contributed by atoms with Gasteiger partial charge in [-0.3, -0.25) is 4.79 Å². The maximum atomic E-state index is 11.9. The van der Waals surface area contributed by atoms with Crippen LogP contribution in [0, 0.1) is 0 Å². The van der Waals surface area contributed by atoms with Crippen LogP contribution in [0.25, 0.3) is 0 Å². The third-order valence-electron chi connectivity index (χ3n) is 3.45. The van der Waals surface area contributed by atoms with Gasteiger partial charge in [-0.05, 0) is 12.1 Å². The minimum absolute atomic E-state index is 0.104. The first-order valence-corrected chi connectivity index (χ1v) is 8.04. The van der Waals surface area contributed by atoms with Crippen molar-refractivity contribution < 1.29 is 28.5 Å². The average Bonchev–Trinajstić information content (AvgIpc) is 2.69. The summed E-state index contributed by atoms with van der Waals surface area (Å²) in [5.41, 5.74) is 0. The van der Waals surface area contributed by atoms with Crippen molar-refractivity contribution in [1.82, 2.24) is 5.32 Å². The summed E-state index contributed by atoms with van der Waals surface area (Å²) in [4.78, 5) is 11.9. The minimum Gasteiger partial charge on any atom is -0.496 e.